The van der Waals surface area contributed by atoms with E-state index in [0.717, 1.165) is 5.75 Å². The van der Waals surface area contributed by atoms with E-state index >= 15 is 0 Å². The quantitative estimate of drug-likeness (QED) is 0.525. The topological polar surface area (TPSA) is 56.8 Å². The van der Waals surface area contributed by atoms with Crippen LogP contribution >= 0.6 is 0 Å². The fraction of sp³-hybridized carbons (Fsp3) is 0.136. The molecule has 0 aromatic heterocycles. The molecule has 29 heavy (non-hydrogen) atoms. The summed E-state index contributed by atoms with van der Waals surface area (Å²) in [5, 5.41) is 2.73. The van der Waals surface area contributed by atoms with Gasteiger partial charge in [0.05, 0.1) is 12.3 Å². The Bertz CT molecular complexity index is 961. The molecule has 0 spiro atoms. The van der Waals surface area contributed by atoms with Gasteiger partial charge in [0.2, 0.25) is 0 Å². The van der Waals surface area contributed by atoms with Gasteiger partial charge in [-0.3, -0.25) is 4.79 Å². The van der Waals surface area contributed by atoms with Gasteiger partial charge < -0.3 is 19.5 Å². The van der Waals surface area contributed by atoms with Gasteiger partial charge in [0.15, 0.2) is 5.75 Å². The molecule has 5 nitrogen and oxygen atoms in total. The lowest BCUT2D eigenvalue weighted by Gasteiger charge is -2.13. The number of hydrogen-bond acceptors (Lipinski definition) is 4. The third-order valence-corrected chi connectivity index (χ3v) is 3.82. The Balaban J connectivity index is 1.74. The predicted molar refractivity (Wildman–Crippen MR) is 105 cm³/mol. The Hall–Kier alpha value is -3.61. The van der Waals surface area contributed by atoms with Crippen LogP contribution < -0.4 is 19.5 Å². The molecule has 3 rings (SSSR count). The molecule has 3 aromatic carbocycles. The largest absolute Gasteiger partial charge is 0.494 e. The third-order valence-electron chi connectivity index (χ3n) is 3.82. The van der Waals surface area contributed by atoms with Crippen LogP contribution in [0.1, 0.15) is 17.3 Å². The van der Waals surface area contributed by atoms with E-state index in [1.54, 1.807) is 48.5 Å². The molecule has 0 aliphatic carbocycles. The van der Waals surface area contributed by atoms with Gasteiger partial charge in [-0.05, 0) is 61.5 Å². The number of carbonyl (C=O) groups is 1. The first kappa shape index (κ1) is 20.1. The van der Waals surface area contributed by atoms with E-state index in [-0.39, 0.29) is 11.3 Å². The SMILES string of the molecule is CCOc1ccc(Oc2ccccc2NC(=O)c2cccc(OC(F)F)c2)cc1. The van der Waals surface area contributed by atoms with E-state index < -0.39 is 12.5 Å². The summed E-state index contributed by atoms with van der Waals surface area (Å²) in [5.74, 6) is 1.17. The number of benzene rings is 3. The van der Waals surface area contributed by atoms with Crippen molar-refractivity contribution in [2.45, 2.75) is 13.5 Å². The molecule has 0 fully saturated rings. The third kappa shape index (κ3) is 5.68. The van der Waals surface area contributed by atoms with Gasteiger partial charge in [-0.2, -0.15) is 8.78 Å². The minimum absolute atomic E-state index is 0.0911. The maximum atomic E-state index is 12.5. The summed E-state index contributed by atoms with van der Waals surface area (Å²) in [7, 11) is 0. The highest BCUT2D eigenvalue weighted by Crippen LogP contribution is 2.30. The molecule has 0 aliphatic rings. The van der Waals surface area contributed by atoms with E-state index in [2.05, 4.69) is 10.1 Å². The van der Waals surface area contributed by atoms with Gasteiger partial charge in [0, 0.05) is 5.56 Å². The normalized spacial score (nSPS) is 10.5. The highest BCUT2D eigenvalue weighted by molar-refractivity contribution is 6.05. The molecule has 0 saturated heterocycles. The fourth-order valence-corrected chi connectivity index (χ4v) is 2.56. The van der Waals surface area contributed by atoms with Crippen molar-refractivity contribution in [3.05, 3.63) is 78.4 Å². The number of alkyl halides is 2. The van der Waals surface area contributed by atoms with Crippen LogP contribution in [0.2, 0.25) is 0 Å². The van der Waals surface area contributed by atoms with Crippen LogP contribution in [-0.2, 0) is 0 Å². The molecule has 7 heteroatoms. The Morgan fingerprint density at radius 3 is 2.38 bits per heavy atom. The van der Waals surface area contributed by atoms with Gasteiger partial charge in [-0.25, -0.2) is 0 Å². The summed E-state index contributed by atoms with van der Waals surface area (Å²) >= 11 is 0. The number of rotatable bonds is 8. The standard InChI is InChI=1S/C22H19F2NO4/c1-2-27-16-10-12-17(13-11-16)28-20-9-4-3-8-19(20)25-21(26)15-6-5-7-18(14-15)29-22(23)24/h3-14,22H,2H2,1H3,(H,25,26). The molecule has 150 valence electrons. The van der Waals surface area contributed by atoms with E-state index in [1.807, 2.05) is 6.92 Å². The molecular weight excluding hydrogens is 380 g/mol. The average Bonchev–Trinajstić information content (AvgIpc) is 2.71. The summed E-state index contributed by atoms with van der Waals surface area (Å²) in [6, 6.07) is 19.6. The highest BCUT2D eigenvalue weighted by atomic mass is 19.3. The predicted octanol–water partition coefficient (Wildman–Crippen LogP) is 5.73. The maximum Gasteiger partial charge on any atom is 0.387 e. The molecule has 1 N–H and O–H groups in total. The van der Waals surface area contributed by atoms with Gasteiger partial charge in [0.25, 0.3) is 5.91 Å². The molecule has 0 unspecified atom stereocenters. The molecule has 0 bridgehead atoms. The summed E-state index contributed by atoms with van der Waals surface area (Å²) in [6.45, 7) is -0.492. The summed E-state index contributed by atoms with van der Waals surface area (Å²) in [6.07, 6.45) is 0. The van der Waals surface area contributed by atoms with Crippen LogP contribution in [0.4, 0.5) is 14.5 Å². The van der Waals surface area contributed by atoms with Gasteiger partial charge in [-0.15, -0.1) is 0 Å². The number of halogens is 2. The van der Waals surface area contributed by atoms with Gasteiger partial charge in [-0.1, -0.05) is 18.2 Å². The molecule has 0 aliphatic heterocycles. The maximum absolute atomic E-state index is 12.5. The Kier molecular flexibility index (Phi) is 6.63. The lowest BCUT2D eigenvalue weighted by Crippen LogP contribution is -2.13. The number of anilines is 1. The Morgan fingerprint density at radius 1 is 0.931 bits per heavy atom. The zero-order valence-electron chi connectivity index (χ0n) is 15.6. The van der Waals surface area contributed by atoms with Crippen molar-refractivity contribution >= 4 is 11.6 Å². The average molecular weight is 399 g/mol. The lowest BCUT2D eigenvalue weighted by molar-refractivity contribution is -0.0498. The van der Waals surface area contributed by atoms with Crippen molar-refractivity contribution in [1.29, 1.82) is 0 Å². The Morgan fingerprint density at radius 2 is 1.66 bits per heavy atom. The lowest BCUT2D eigenvalue weighted by atomic mass is 10.2. The highest BCUT2D eigenvalue weighted by Gasteiger charge is 2.12. The number of hydrogen-bond donors (Lipinski definition) is 1. The van der Waals surface area contributed by atoms with Crippen molar-refractivity contribution in [2.75, 3.05) is 11.9 Å². The first-order valence-electron chi connectivity index (χ1n) is 8.91. The second-order valence-corrected chi connectivity index (χ2v) is 5.86. The second kappa shape index (κ2) is 9.54. The van der Waals surface area contributed by atoms with Crippen LogP contribution in [0.3, 0.4) is 0 Å². The molecule has 3 aromatic rings. The number of carbonyl (C=O) groups excluding carboxylic acids is 1. The van der Waals surface area contributed by atoms with Crippen molar-refractivity contribution in [3.63, 3.8) is 0 Å². The van der Waals surface area contributed by atoms with E-state index in [4.69, 9.17) is 9.47 Å². The van der Waals surface area contributed by atoms with Crippen molar-refractivity contribution < 1.29 is 27.8 Å². The molecular formula is C22H19F2NO4. The summed E-state index contributed by atoms with van der Waals surface area (Å²) in [5.41, 5.74) is 0.616. The van der Waals surface area contributed by atoms with E-state index in [1.165, 1.54) is 24.3 Å². The van der Waals surface area contributed by atoms with Crippen molar-refractivity contribution in [3.8, 4) is 23.0 Å². The van der Waals surface area contributed by atoms with Crippen LogP contribution in [-0.4, -0.2) is 19.1 Å². The summed E-state index contributed by atoms with van der Waals surface area (Å²) < 4.78 is 40.4. The van der Waals surface area contributed by atoms with E-state index in [0.29, 0.717) is 23.8 Å². The smallest absolute Gasteiger partial charge is 0.387 e. The number of amides is 1. The summed E-state index contributed by atoms with van der Waals surface area (Å²) in [4.78, 5) is 12.5. The van der Waals surface area contributed by atoms with Crippen molar-refractivity contribution in [2.24, 2.45) is 0 Å². The van der Waals surface area contributed by atoms with Gasteiger partial charge >= 0.3 is 6.61 Å². The van der Waals surface area contributed by atoms with Gasteiger partial charge in [0.1, 0.15) is 17.2 Å². The molecule has 1 amide bonds. The first-order chi connectivity index (χ1) is 14.0. The number of para-hydroxylation sites is 2. The second-order valence-electron chi connectivity index (χ2n) is 5.86. The fourth-order valence-electron chi connectivity index (χ4n) is 2.56. The van der Waals surface area contributed by atoms with Crippen molar-refractivity contribution in [1.82, 2.24) is 0 Å². The molecule has 0 heterocycles. The molecule has 0 radical (unpaired) electrons. The number of nitrogens with one attached hydrogen (secondary N) is 1. The van der Waals surface area contributed by atoms with Crippen LogP contribution in [0.15, 0.2) is 72.8 Å². The van der Waals surface area contributed by atoms with Crippen LogP contribution in [0.25, 0.3) is 0 Å². The first-order valence-corrected chi connectivity index (χ1v) is 8.91. The molecule has 0 saturated carbocycles. The Labute approximate surface area is 166 Å². The monoisotopic (exact) mass is 399 g/mol. The number of ether oxygens (including phenoxy) is 3. The van der Waals surface area contributed by atoms with Crippen LogP contribution in [0, 0.1) is 0 Å². The minimum Gasteiger partial charge on any atom is -0.494 e. The minimum atomic E-state index is -2.96. The van der Waals surface area contributed by atoms with Crippen LogP contribution in [0.5, 0.6) is 23.0 Å². The van der Waals surface area contributed by atoms with E-state index in [9.17, 15) is 13.6 Å². The molecule has 0 atom stereocenters. The zero-order chi connectivity index (χ0) is 20.6. The zero-order valence-corrected chi connectivity index (χ0v) is 15.6.